The number of hydrogen-bond acceptors (Lipinski definition) is 16. The molecule has 16 nitrogen and oxygen atoms in total. The highest BCUT2D eigenvalue weighted by molar-refractivity contribution is 5.97. The van der Waals surface area contributed by atoms with Crippen molar-refractivity contribution in [3.8, 4) is 17.2 Å². The predicted molar refractivity (Wildman–Crippen MR) is 252 cm³/mol. The van der Waals surface area contributed by atoms with Crippen molar-refractivity contribution >= 4 is 29.9 Å². The first-order chi connectivity index (χ1) is 32.0. The number of carbonyl (C=O) groups is 3. The van der Waals surface area contributed by atoms with E-state index in [1.807, 2.05) is 65.8 Å². The smallest absolute Gasteiger partial charge is 0.342 e. The Kier molecular flexibility index (Phi) is 18.8. The molecule has 0 bridgehead atoms. The summed E-state index contributed by atoms with van der Waals surface area (Å²) in [5, 5.41) is 48.9. The molecule has 0 aromatic heterocycles. The number of aliphatic hydroxyl groups is 4. The van der Waals surface area contributed by atoms with Gasteiger partial charge in [-0.2, -0.15) is 0 Å². The Bertz CT molecular complexity index is 2190. The molecule has 374 valence electrons. The molecule has 0 saturated carbocycles. The number of carbonyl (C=O) groups excluding carboxylic acids is 3. The van der Waals surface area contributed by atoms with Crippen molar-refractivity contribution < 1.29 is 77.8 Å². The lowest BCUT2D eigenvalue weighted by Crippen LogP contribution is -2.32. The minimum Gasteiger partial charge on any atom is -0.507 e. The summed E-state index contributed by atoms with van der Waals surface area (Å²) in [7, 11) is 0. The minimum absolute atomic E-state index is 0.0444. The number of benzene rings is 2. The first-order valence-electron chi connectivity index (χ1n) is 23.2. The number of ketones is 1. The molecular formula is C52H70O16. The largest absolute Gasteiger partial charge is 0.507 e. The van der Waals surface area contributed by atoms with E-state index < -0.39 is 60.1 Å². The van der Waals surface area contributed by atoms with Gasteiger partial charge in [-0.05, 0) is 102 Å². The van der Waals surface area contributed by atoms with E-state index in [9.17, 15) is 34.8 Å². The van der Waals surface area contributed by atoms with E-state index in [4.69, 9.17) is 43.0 Å². The van der Waals surface area contributed by atoms with Crippen LogP contribution in [0.3, 0.4) is 0 Å². The van der Waals surface area contributed by atoms with Gasteiger partial charge in [-0.1, -0.05) is 63.3 Å². The second-order valence-electron chi connectivity index (χ2n) is 18.9. The van der Waals surface area contributed by atoms with Crippen LogP contribution in [0.25, 0.3) is 12.2 Å². The van der Waals surface area contributed by atoms with Gasteiger partial charge in [0, 0.05) is 23.8 Å². The molecule has 2 unspecified atom stereocenters. The molecular weight excluding hydrogens is 881 g/mol. The number of rotatable bonds is 7. The van der Waals surface area contributed by atoms with Gasteiger partial charge in [-0.15, -0.1) is 0 Å². The van der Waals surface area contributed by atoms with Gasteiger partial charge >= 0.3 is 11.9 Å². The van der Waals surface area contributed by atoms with Crippen molar-refractivity contribution in [2.45, 2.75) is 142 Å². The van der Waals surface area contributed by atoms with Crippen LogP contribution >= 0.6 is 0 Å². The Morgan fingerprint density at radius 3 is 1.94 bits per heavy atom. The Morgan fingerprint density at radius 1 is 0.721 bits per heavy atom. The average Bonchev–Trinajstić information content (AvgIpc) is 3.79. The Balaban J connectivity index is 0.000000259. The Labute approximate surface area is 399 Å². The molecule has 6 rings (SSSR count). The molecule has 0 radical (unpaired) electrons. The van der Waals surface area contributed by atoms with Crippen molar-refractivity contribution in [3.63, 3.8) is 0 Å². The zero-order valence-corrected chi connectivity index (χ0v) is 40.7. The maximum Gasteiger partial charge on any atom is 0.342 e. The summed E-state index contributed by atoms with van der Waals surface area (Å²) in [5.41, 5.74) is 2.16. The minimum atomic E-state index is -1.61. The maximum absolute atomic E-state index is 13.3. The molecule has 0 spiro atoms. The number of fused-ring (bicyclic) bond motifs is 3. The molecule has 5 N–H and O–H groups in total. The maximum atomic E-state index is 13.3. The summed E-state index contributed by atoms with van der Waals surface area (Å²) < 4.78 is 46.8. The van der Waals surface area contributed by atoms with E-state index in [1.165, 1.54) is 30.4 Å². The molecule has 68 heavy (non-hydrogen) atoms. The number of aromatic hydroxyl groups is 1. The molecule has 2 aromatic carbocycles. The SMILES string of the molecule is C[C@@H]1/C=C\C(=O)[C@@H](O)[C@@H](O)C/C=C/c2cc(OCC(O)CO)cc(O)c2C(=O)O[C@H]1C.Cc1cc(OC[C@H]2COC(C)(C)O2)cc2c1C(=O)O[C@@H](C)[C@H](C)/C=C\[C@@H](C)C1OC(C)(C)O[C@H]1C/C=C/2. The molecule has 16 heteroatoms. The monoisotopic (exact) mass is 950 g/mol. The van der Waals surface area contributed by atoms with E-state index in [1.54, 1.807) is 13.8 Å². The van der Waals surface area contributed by atoms with Crippen molar-refractivity contribution in [3.05, 3.63) is 88.5 Å². The van der Waals surface area contributed by atoms with E-state index in [0.717, 1.165) is 17.2 Å². The van der Waals surface area contributed by atoms with Gasteiger partial charge in [0.1, 0.15) is 66.5 Å². The number of aliphatic hydroxyl groups excluding tert-OH is 4. The van der Waals surface area contributed by atoms with Gasteiger partial charge in [0.2, 0.25) is 0 Å². The summed E-state index contributed by atoms with van der Waals surface area (Å²) in [4.78, 5) is 38.1. The van der Waals surface area contributed by atoms with Crippen LogP contribution in [0.4, 0.5) is 0 Å². The van der Waals surface area contributed by atoms with Gasteiger partial charge in [0.25, 0.3) is 0 Å². The summed E-state index contributed by atoms with van der Waals surface area (Å²) in [6.07, 6.45) is 8.91. The highest BCUT2D eigenvalue weighted by Gasteiger charge is 2.43. The fourth-order valence-corrected chi connectivity index (χ4v) is 7.87. The van der Waals surface area contributed by atoms with Crippen molar-refractivity contribution in [1.29, 1.82) is 0 Å². The molecule has 4 aliphatic rings. The zero-order chi connectivity index (χ0) is 50.1. The molecule has 4 heterocycles. The number of phenolic OH excluding ortho intramolecular Hbond substituents is 1. The lowest BCUT2D eigenvalue weighted by molar-refractivity contribution is -0.148. The Morgan fingerprint density at radius 2 is 1.31 bits per heavy atom. The predicted octanol–water partition coefficient (Wildman–Crippen LogP) is 6.41. The third-order valence-electron chi connectivity index (χ3n) is 12.1. The molecule has 4 aliphatic heterocycles. The fourth-order valence-electron chi connectivity index (χ4n) is 7.87. The third kappa shape index (κ3) is 14.8. The average molecular weight is 951 g/mol. The summed E-state index contributed by atoms with van der Waals surface area (Å²) in [5.74, 6) is -2.87. The van der Waals surface area contributed by atoms with E-state index in [0.29, 0.717) is 30.9 Å². The molecule has 0 amide bonds. The Hall–Kier alpha value is -4.91. The summed E-state index contributed by atoms with van der Waals surface area (Å²) >= 11 is 0. The summed E-state index contributed by atoms with van der Waals surface area (Å²) in [6, 6.07) is 6.37. The van der Waals surface area contributed by atoms with Crippen molar-refractivity contribution in [2.24, 2.45) is 17.8 Å². The van der Waals surface area contributed by atoms with Crippen LogP contribution in [0.15, 0.2) is 60.7 Å². The zero-order valence-electron chi connectivity index (χ0n) is 40.7. The quantitative estimate of drug-likeness (QED) is 0.149. The second kappa shape index (κ2) is 23.6. The highest BCUT2D eigenvalue weighted by Crippen LogP contribution is 2.36. The first-order valence-corrected chi connectivity index (χ1v) is 23.2. The van der Waals surface area contributed by atoms with E-state index >= 15 is 0 Å². The topological polar surface area (TPSA) is 226 Å². The van der Waals surface area contributed by atoms with Crippen LogP contribution in [0.2, 0.25) is 0 Å². The van der Waals surface area contributed by atoms with Gasteiger partial charge in [-0.3, -0.25) is 4.79 Å². The second-order valence-corrected chi connectivity index (χ2v) is 18.9. The van der Waals surface area contributed by atoms with Gasteiger partial charge in [0.05, 0.1) is 37.1 Å². The third-order valence-corrected chi connectivity index (χ3v) is 12.1. The van der Waals surface area contributed by atoms with Crippen molar-refractivity contribution in [1.82, 2.24) is 0 Å². The van der Waals surface area contributed by atoms with Crippen molar-refractivity contribution in [2.75, 3.05) is 26.4 Å². The van der Waals surface area contributed by atoms with Crippen LogP contribution in [-0.4, -0.2) is 130 Å². The summed E-state index contributed by atoms with van der Waals surface area (Å²) in [6.45, 7) is 19.1. The molecule has 11 atom stereocenters. The number of aryl methyl sites for hydroxylation is 1. The number of esters is 2. The first kappa shape index (κ1) is 54.0. The molecule has 0 aliphatic carbocycles. The lowest BCUT2D eigenvalue weighted by Gasteiger charge is -2.23. The van der Waals surface area contributed by atoms with Crippen LogP contribution in [0.1, 0.15) is 113 Å². The number of phenols is 1. The number of hydrogen-bond donors (Lipinski definition) is 5. The molecule has 2 fully saturated rings. The van der Waals surface area contributed by atoms with E-state index in [2.05, 4.69) is 26.0 Å². The highest BCUT2D eigenvalue weighted by atomic mass is 16.8. The van der Waals surface area contributed by atoms with E-state index in [-0.39, 0.29) is 78.0 Å². The fraction of sp³-hybridized carbons (Fsp3) is 0.558. The van der Waals surface area contributed by atoms with Gasteiger partial charge in [-0.25, -0.2) is 9.59 Å². The number of cyclic esters (lactones) is 2. The molecule has 2 saturated heterocycles. The number of ether oxygens (including phenoxy) is 8. The van der Waals surface area contributed by atoms with Crippen LogP contribution in [-0.2, 0) is 33.2 Å². The van der Waals surface area contributed by atoms with Crippen LogP contribution in [0.5, 0.6) is 17.2 Å². The normalized spacial score (nSPS) is 31.9. The molecule has 2 aromatic rings. The lowest BCUT2D eigenvalue weighted by atomic mass is 9.94. The standard InChI is InChI=1S/C30H42O7.C22H28O9/c1-18-12-13-19(2)27-25(36-30(7,8)37-27)11-9-10-22-15-23(32-16-24-17-33-29(5,6)35-24)14-20(3)26(22)28(31)34-21(18)4;1-12-6-7-18(26)21(28)17(25)5-3-4-14-8-16(30-11-15(24)10-23)9-19(27)20(14)22(29)31-13(12)2/h9-10,12-15,18-19,21,24-25,27H,11,16-17H2,1-8H3;3-4,6-9,12-13,15,17,21,23-25,27-28H,5,10-11H2,1-2H3/b10-9+,13-12-;4-3+,7-6-/t18-,19-,21+,24+,25+,27?;12-,13+,15?,17+,21+/m11/s1. The van der Waals surface area contributed by atoms with Gasteiger partial charge in [0.15, 0.2) is 17.4 Å². The van der Waals surface area contributed by atoms with Crippen LogP contribution < -0.4 is 9.47 Å². The van der Waals surface area contributed by atoms with Gasteiger partial charge < -0.3 is 63.4 Å². The van der Waals surface area contributed by atoms with Crippen LogP contribution in [0, 0.1) is 24.7 Å².